The summed E-state index contributed by atoms with van der Waals surface area (Å²) in [5.41, 5.74) is 5.77. The summed E-state index contributed by atoms with van der Waals surface area (Å²) in [6.45, 7) is 5.95. The molecule has 0 bridgehead atoms. The molecular formula is C31H35NO5. The highest BCUT2D eigenvalue weighted by Crippen LogP contribution is 2.47. The SMILES string of the molecule is COC(=O)C1=Cc2cc(OC)ccc2-c2c(C3CCCCC3)c3ccc(C(=O)OC(C)(C)C)cc3n2C1. The fraction of sp³-hybridized carbons (Fsp3) is 0.419. The van der Waals surface area contributed by atoms with Gasteiger partial charge in [0.1, 0.15) is 11.4 Å². The smallest absolute Gasteiger partial charge is 0.338 e. The largest absolute Gasteiger partial charge is 0.497 e. The Labute approximate surface area is 218 Å². The van der Waals surface area contributed by atoms with Crippen molar-refractivity contribution in [1.29, 1.82) is 0 Å². The van der Waals surface area contributed by atoms with Gasteiger partial charge in [-0.25, -0.2) is 9.59 Å². The Hall–Kier alpha value is -3.54. The molecular weight excluding hydrogens is 466 g/mol. The molecule has 0 spiro atoms. The molecule has 5 rings (SSSR count). The standard InChI is InChI=1S/C31H35NO5/c1-31(2,3)37-30(34)20-11-13-25-26(17-20)32-18-22(29(33)36-5)15-21-16-23(35-4)12-14-24(21)28(32)27(25)19-9-7-6-8-10-19/h11-17,19H,6-10,18H2,1-5H3. The topological polar surface area (TPSA) is 66.8 Å². The molecule has 0 atom stereocenters. The second-order valence-electron chi connectivity index (χ2n) is 11.0. The number of benzene rings is 2. The van der Waals surface area contributed by atoms with Crippen LogP contribution in [0.15, 0.2) is 42.0 Å². The molecule has 0 amide bonds. The predicted molar refractivity (Wildman–Crippen MR) is 145 cm³/mol. The molecule has 0 saturated heterocycles. The van der Waals surface area contributed by atoms with Crippen LogP contribution in [0.5, 0.6) is 5.75 Å². The molecule has 2 aromatic carbocycles. The van der Waals surface area contributed by atoms with Crippen molar-refractivity contribution in [1.82, 2.24) is 4.57 Å². The molecule has 1 fully saturated rings. The van der Waals surface area contributed by atoms with Crippen LogP contribution in [0.3, 0.4) is 0 Å². The van der Waals surface area contributed by atoms with Crippen molar-refractivity contribution < 1.29 is 23.8 Å². The van der Waals surface area contributed by atoms with Gasteiger partial charge in [-0.3, -0.25) is 0 Å². The normalized spacial score (nSPS) is 15.9. The predicted octanol–water partition coefficient (Wildman–Crippen LogP) is 6.89. The molecule has 1 aliphatic carbocycles. The van der Waals surface area contributed by atoms with E-state index >= 15 is 0 Å². The number of fused-ring (bicyclic) bond motifs is 5. The van der Waals surface area contributed by atoms with Crippen molar-refractivity contribution in [2.45, 2.75) is 70.9 Å². The lowest BCUT2D eigenvalue weighted by atomic mass is 9.81. The number of nitrogens with zero attached hydrogens (tertiary/aromatic N) is 1. The molecule has 3 aromatic rings. The Bertz CT molecular complexity index is 1400. The highest BCUT2D eigenvalue weighted by Gasteiger charge is 2.31. The molecule has 0 N–H and O–H groups in total. The van der Waals surface area contributed by atoms with Crippen LogP contribution in [0, 0.1) is 0 Å². The van der Waals surface area contributed by atoms with Gasteiger partial charge in [0.05, 0.1) is 37.6 Å². The lowest BCUT2D eigenvalue weighted by Gasteiger charge is -2.24. The Morgan fingerprint density at radius 1 is 0.946 bits per heavy atom. The zero-order valence-electron chi connectivity index (χ0n) is 22.3. The van der Waals surface area contributed by atoms with Crippen molar-refractivity contribution in [2.24, 2.45) is 0 Å². The number of ether oxygens (including phenoxy) is 3. The molecule has 37 heavy (non-hydrogen) atoms. The summed E-state index contributed by atoms with van der Waals surface area (Å²) in [5, 5.41) is 1.13. The summed E-state index contributed by atoms with van der Waals surface area (Å²) in [4.78, 5) is 25.9. The van der Waals surface area contributed by atoms with Crippen LogP contribution >= 0.6 is 0 Å². The highest BCUT2D eigenvalue weighted by molar-refractivity contribution is 6.02. The van der Waals surface area contributed by atoms with Crippen molar-refractivity contribution in [2.75, 3.05) is 14.2 Å². The molecule has 6 nitrogen and oxygen atoms in total. The number of carbonyl (C=O) groups is 2. The first kappa shape index (κ1) is 25.1. The quantitative estimate of drug-likeness (QED) is 0.364. The van der Waals surface area contributed by atoms with E-state index in [-0.39, 0.29) is 11.9 Å². The first-order chi connectivity index (χ1) is 17.7. The number of carbonyl (C=O) groups excluding carboxylic acids is 2. The average molecular weight is 502 g/mol. The average Bonchev–Trinajstić information content (AvgIpc) is 3.09. The van der Waals surface area contributed by atoms with E-state index in [0.29, 0.717) is 23.6 Å². The van der Waals surface area contributed by atoms with Crippen LogP contribution in [0.25, 0.3) is 28.2 Å². The third kappa shape index (κ3) is 4.77. The summed E-state index contributed by atoms with van der Waals surface area (Å²) < 4.78 is 18.5. The van der Waals surface area contributed by atoms with Crippen LogP contribution in [-0.4, -0.2) is 36.3 Å². The molecule has 194 valence electrons. The van der Waals surface area contributed by atoms with E-state index < -0.39 is 5.60 Å². The van der Waals surface area contributed by atoms with Gasteiger partial charge in [0, 0.05) is 16.5 Å². The molecule has 0 unspecified atom stereocenters. The van der Waals surface area contributed by atoms with E-state index in [0.717, 1.165) is 46.3 Å². The van der Waals surface area contributed by atoms with Crippen LogP contribution in [-0.2, 0) is 20.8 Å². The number of aromatic nitrogens is 1. The molecule has 1 saturated carbocycles. The number of rotatable bonds is 4. The molecule has 6 heteroatoms. The van der Waals surface area contributed by atoms with Gasteiger partial charge in [0.2, 0.25) is 0 Å². The minimum atomic E-state index is -0.589. The van der Waals surface area contributed by atoms with Gasteiger partial charge in [-0.05, 0) is 87.1 Å². The molecule has 2 heterocycles. The summed E-state index contributed by atoms with van der Waals surface area (Å²) in [6, 6.07) is 11.9. The lowest BCUT2D eigenvalue weighted by Crippen LogP contribution is -2.23. The minimum Gasteiger partial charge on any atom is -0.497 e. The minimum absolute atomic E-state index is 0.347. The Kier molecular flexibility index (Phi) is 6.61. The van der Waals surface area contributed by atoms with Gasteiger partial charge in [-0.15, -0.1) is 0 Å². The van der Waals surface area contributed by atoms with Crippen LogP contribution < -0.4 is 4.74 Å². The van der Waals surface area contributed by atoms with Crippen LogP contribution in [0.2, 0.25) is 0 Å². The fourth-order valence-corrected chi connectivity index (χ4v) is 5.76. The zero-order valence-corrected chi connectivity index (χ0v) is 22.3. The van der Waals surface area contributed by atoms with Crippen molar-refractivity contribution in [3.63, 3.8) is 0 Å². The van der Waals surface area contributed by atoms with E-state index in [2.05, 4.69) is 16.7 Å². The van der Waals surface area contributed by atoms with Gasteiger partial charge in [-0.2, -0.15) is 0 Å². The Morgan fingerprint density at radius 3 is 2.38 bits per heavy atom. The molecule has 1 aliphatic heterocycles. The maximum absolute atomic E-state index is 13.0. The van der Waals surface area contributed by atoms with Crippen molar-refractivity contribution in [3.8, 4) is 17.0 Å². The lowest BCUT2D eigenvalue weighted by molar-refractivity contribution is -0.136. The zero-order chi connectivity index (χ0) is 26.3. The Morgan fingerprint density at radius 2 is 1.70 bits per heavy atom. The molecule has 0 radical (unpaired) electrons. The first-order valence-electron chi connectivity index (χ1n) is 13.1. The maximum atomic E-state index is 13.0. The third-order valence-corrected chi connectivity index (χ3v) is 7.37. The summed E-state index contributed by atoms with van der Waals surface area (Å²) in [7, 11) is 3.05. The van der Waals surface area contributed by atoms with Gasteiger partial charge in [0.25, 0.3) is 0 Å². The summed E-state index contributed by atoms with van der Waals surface area (Å²) in [5.74, 6) is 0.419. The first-order valence-corrected chi connectivity index (χ1v) is 13.1. The summed E-state index contributed by atoms with van der Waals surface area (Å²) >= 11 is 0. The monoisotopic (exact) mass is 501 g/mol. The van der Waals surface area contributed by atoms with E-state index in [4.69, 9.17) is 14.2 Å². The number of methoxy groups -OCH3 is 2. The summed E-state index contributed by atoms with van der Waals surface area (Å²) in [6.07, 6.45) is 7.83. The second kappa shape index (κ2) is 9.73. The van der Waals surface area contributed by atoms with Gasteiger partial charge in [0.15, 0.2) is 0 Å². The van der Waals surface area contributed by atoms with E-state index in [9.17, 15) is 9.59 Å². The van der Waals surface area contributed by atoms with E-state index in [1.165, 1.54) is 31.9 Å². The third-order valence-electron chi connectivity index (χ3n) is 7.37. The Balaban J connectivity index is 1.79. The van der Waals surface area contributed by atoms with Crippen LogP contribution in [0.1, 0.15) is 80.3 Å². The maximum Gasteiger partial charge on any atom is 0.338 e. The fourth-order valence-electron chi connectivity index (χ4n) is 5.76. The number of esters is 2. The van der Waals surface area contributed by atoms with Crippen LogP contribution in [0.4, 0.5) is 0 Å². The van der Waals surface area contributed by atoms with Crippen molar-refractivity contribution in [3.05, 3.63) is 58.7 Å². The van der Waals surface area contributed by atoms with Gasteiger partial charge < -0.3 is 18.8 Å². The van der Waals surface area contributed by atoms with E-state index in [1.807, 2.05) is 51.1 Å². The highest BCUT2D eigenvalue weighted by atomic mass is 16.6. The number of hydrogen-bond donors (Lipinski definition) is 0. The van der Waals surface area contributed by atoms with Crippen molar-refractivity contribution >= 4 is 28.9 Å². The number of hydrogen-bond acceptors (Lipinski definition) is 5. The van der Waals surface area contributed by atoms with Gasteiger partial charge in [-0.1, -0.05) is 25.3 Å². The second-order valence-corrected chi connectivity index (χ2v) is 11.0. The molecule has 1 aromatic heterocycles. The van der Waals surface area contributed by atoms with E-state index in [1.54, 1.807) is 7.11 Å². The van der Waals surface area contributed by atoms with Gasteiger partial charge >= 0.3 is 11.9 Å². The molecule has 2 aliphatic rings.